The summed E-state index contributed by atoms with van der Waals surface area (Å²) >= 11 is 1.75. The Morgan fingerprint density at radius 1 is 1.38 bits per heavy atom. The molecule has 0 bridgehead atoms. The number of benzene rings is 1. The predicted molar refractivity (Wildman–Crippen MR) is 58.2 cm³/mol. The number of hydrogen-bond acceptors (Lipinski definition) is 2. The van der Waals surface area contributed by atoms with Crippen molar-refractivity contribution in [3.8, 4) is 0 Å². The van der Waals surface area contributed by atoms with Gasteiger partial charge in [0.05, 0.1) is 15.7 Å². The molecule has 0 saturated carbocycles. The van der Waals surface area contributed by atoms with Crippen molar-refractivity contribution in [2.24, 2.45) is 0 Å². The highest BCUT2D eigenvalue weighted by Gasteiger charge is 2.01. The second kappa shape index (κ2) is 3.88. The summed E-state index contributed by atoms with van der Waals surface area (Å²) in [5.41, 5.74) is 4.54. The molecule has 1 heterocycles. The van der Waals surface area contributed by atoms with Crippen LogP contribution in [0.1, 0.15) is 25.3 Å². The molecule has 0 aliphatic rings. The number of nitrogens with zero attached hydrogens (tertiary/aromatic N) is 1. The summed E-state index contributed by atoms with van der Waals surface area (Å²) in [6, 6.07) is 6.41. The second-order valence-electron chi connectivity index (χ2n) is 3.22. The van der Waals surface area contributed by atoms with E-state index in [-0.39, 0.29) is 0 Å². The minimum absolute atomic E-state index is 1.15. The summed E-state index contributed by atoms with van der Waals surface area (Å²) in [7, 11) is 0. The first-order chi connectivity index (χ1) is 6.42. The zero-order valence-electron chi connectivity index (χ0n) is 7.79. The van der Waals surface area contributed by atoms with Crippen molar-refractivity contribution in [1.82, 2.24) is 4.98 Å². The minimum atomic E-state index is 1.15. The van der Waals surface area contributed by atoms with E-state index in [4.69, 9.17) is 0 Å². The minimum Gasteiger partial charge on any atom is -0.245 e. The molecule has 2 aromatic rings. The molecular weight excluding hydrogens is 178 g/mol. The molecule has 68 valence electrons. The highest BCUT2D eigenvalue weighted by molar-refractivity contribution is 7.16. The van der Waals surface area contributed by atoms with Crippen LogP contribution in [-0.2, 0) is 6.42 Å². The van der Waals surface area contributed by atoms with Gasteiger partial charge in [0.1, 0.15) is 0 Å². The van der Waals surface area contributed by atoms with E-state index in [1.54, 1.807) is 11.3 Å². The predicted octanol–water partition coefficient (Wildman–Crippen LogP) is 3.64. The molecule has 0 fully saturated rings. The van der Waals surface area contributed by atoms with E-state index in [0.29, 0.717) is 0 Å². The van der Waals surface area contributed by atoms with Crippen molar-refractivity contribution in [2.75, 3.05) is 0 Å². The molecule has 13 heavy (non-hydrogen) atoms. The molecule has 0 saturated heterocycles. The van der Waals surface area contributed by atoms with E-state index in [2.05, 4.69) is 30.1 Å². The molecule has 0 radical (unpaired) electrons. The van der Waals surface area contributed by atoms with Crippen molar-refractivity contribution in [3.63, 3.8) is 0 Å². The molecule has 0 unspecified atom stereocenters. The fourth-order valence-corrected chi connectivity index (χ4v) is 2.34. The smallest absolute Gasteiger partial charge is 0.0814 e. The molecule has 1 aromatic heterocycles. The molecule has 0 aliphatic carbocycles. The van der Waals surface area contributed by atoms with Gasteiger partial charge >= 0.3 is 0 Å². The molecule has 1 nitrogen and oxygen atoms in total. The van der Waals surface area contributed by atoms with E-state index >= 15 is 0 Å². The van der Waals surface area contributed by atoms with E-state index in [9.17, 15) is 0 Å². The van der Waals surface area contributed by atoms with E-state index in [0.717, 1.165) is 5.52 Å². The molecule has 0 atom stereocenters. The molecule has 2 heteroatoms. The Bertz CT molecular complexity index is 392. The van der Waals surface area contributed by atoms with Crippen LogP contribution in [0, 0.1) is 0 Å². The van der Waals surface area contributed by atoms with Gasteiger partial charge in [0.15, 0.2) is 0 Å². The largest absolute Gasteiger partial charge is 0.245 e. The summed E-state index contributed by atoms with van der Waals surface area (Å²) in [4.78, 5) is 4.31. The lowest BCUT2D eigenvalue weighted by Gasteiger charge is -1.99. The van der Waals surface area contributed by atoms with Crippen LogP contribution in [0.4, 0.5) is 0 Å². The first-order valence-electron chi connectivity index (χ1n) is 4.73. The van der Waals surface area contributed by atoms with Gasteiger partial charge < -0.3 is 0 Å². The van der Waals surface area contributed by atoms with E-state index < -0.39 is 0 Å². The summed E-state index contributed by atoms with van der Waals surface area (Å²) in [6.07, 6.45) is 3.72. The molecule has 0 spiro atoms. The number of hydrogen-bond donors (Lipinski definition) is 0. The van der Waals surface area contributed by atoms with Gasteiger partial charge in [-0.05, 0) is 24.5 Å². The summed E-state index contributed by atoms with van der Waals surface area (Å²) in [5.74, 6) is 0. The van der Waals surface area contributed by atoms with Crippen LogP contribution < -0.4 is 0 Å². The highest BCUT2D eigenvalue weighted by atomic mass is 32.1. The first kappa shape index (κ1) is 8.70. The Hall–Kier alpha value is -0.890. The van der Waals surface area contributed by atoms with Gasteiger partial charge in [-0.3, -0.25) is 0 Å². The van der Waals surface area contributed by atoms with Crippen molar-refractivity contribution < 1.29 is 0 Å². The maximum Gasteiger partial charge on any atom is 0.0814 e. The van der Waals surface area contributed by atoms with Gasteiger partial charge in [0.2, 0.25) is 0 Å². The zero-order valence-corrected chi connectivity index (χ0v) is 8.60. The zero-order chi connectivity index (χ0) is 9.10. The number of thiazole rings is 1. The topological polar surface area (TPSA) is 12.9 Å². The third-order valence-corrected chi connectivity index (χ3v) is 3.16. The fourth-order valence-electron chi connectivity index (χ4n) is 1.51. The van der Waals surface area contributed by atoms with E-state index in [1.165, 1.54) is 29.5 Å². The summed E-state index contributed by atoms with van der Waals surface area (Å²) in [6.45, 7) is 2.23. The maximum absolute atomic E-state index is 4.31. The SMILES string of the molecule is CCCCc1cccc2ncsc12. The van der Waals surface area contributed by atoms with Gasteiger partial charge in [-0.15, -0.1) is 11.3 Å². The molecule has 1 aromatic carbocycles. The highest BCUT2D eigenvalue weighted by Crippen LogP contribution is 2.23. The van der Waals surface area contributed by atoms with Crippen LogP contribution in [0.25, 0.3) is 10.2 Å². The fraction of sp³-hybridized carbons (Fsp3) is 0.364. The normalized spacial score (nSPS) is 10.8. The van der Waals surface area contributed by atoms with Crippen molar-refractivity contribution >= 4 is 21.6 Å². The van der Waals surface area contributed by atoms with Crippen LogP contribution >= 0.6 is 11.3 Å². The van der Waals surface area contributed by atoms with Gasteiger partial charge in [-0.25, -0.2) is 4.98 Å². The molecule has 2 rings (SSSR count). The Labute approximate surface area is 82.4 Å². The second-order valence-corrected chi connectivity index (χ2v) is 4.08. The first-order valence-corrected chi connectivity index (χ1v) is 5.61. The quantitative estimate of drug-likeness (QED) is 0.721. The Kier molecular flexibility index (Phi) is 2.60. The van der Waals surface area contributed by atoms with Crippen LogP contribution in [0.5, 0.6) is 0 Å². The molecule has 0 amide bonds. The lowest BCUT2D eigenvalue weighted by Crippen LogP contribution is -1.84. The average molecular weight is 191 g/mol. The van der Waals surface area contributed by atoms with E-state index in [1.807, 2.05) is 5.51 Å². The lowest BCUT2D eigenvalue weighted by molar-refractivity contribution is 0.799. The monoisotopic (exact) mass is 191 g/mol. The molecule has 0 aliphatic heterocycles. The number of aromatic nitrogens is 1. The van der Waals surface area contributed by atoms with Crippen molar-refractivity contribution in [1.29, 1.82) is 0 Å². The molecular formula is C11H13NS. The van der Waals surface area contributed by atoms with Crippen LogP contribution in [-0.4, -0.2) is 4.98 Å². The third kappa shape index (κ3) is 1.73. The Morgan fingerprint density at radius 2 is 2.31 bits per heavy atom. The summed E-state index contributed by atoms with van der Waals surface area (Å²) in [5, 5.41) is 0. The molecule has 0 N–H and O–H groups in total. The maximum atomic E-state index is 4.31. The average Bonchev–Trinajstić information content (AvgIpc) is 2.62. The Balaban J connectivity index is 2.37. The standard InChI is InChI=1S/C11H13NS/c1-2-3-5-9-6-4-7-10-11(9)13-8-12-10/h4,6-8H,2-3,5H2,1H3. The number of unbranched alkanes of at least 4 members (excludes halogenated alkanes) is 1. The van der Waals surface area contributed by atoms with Gasteiger partial charge in [0, 0.05) is 0 Å². The van der Waals surface area contributed by atoms with Gasteiger partial charge in [-0.2, -0.15) is 0 Å². The van der Waals surface area contributed by atoms with Crippen molar-refractivity contribution in [3.05, 3.63) is 29.3 Å². The Morgan fingerprint density at radius 3 is 3.15 bits per heavy atom. The van der Waals surface area contributed by atoms with Crippen LogP contribution in [0.2, 0.25) is 0 Å². The number of fused-ring (bicyclic) bond motifs is 1. The number of aryl methyl sites for hydroxylation is 1. The van der Waals surface area contributed by atoms with Crippen LogP contribution in [0.15, 0.2) is 23.7 Å². The van der Waals surface area contributed by atoms with Gasteiger partial charge in [0.25, 0.3) is 0 Å². The third-order valence-electron chi connectivity index (χ3n) is 2.24. The van der Waals surface area contributed by atoms with Gasteiger partial charge in [-0.1, -0.05) is 25.5 Å². The number of rotatable bonds is 3. The lowest BCUT2D eigenvalue weighted by atomic mass is 10.1. The summed E-state index contributed by atoms with van der Waals surface area (Å²) < 4.78 is 1.37. The van der Waals surface area contributed by atoms with Crippen molar-refractivity contribution in [2.45, 2.75) is 26.2 Å². The van der Waals surface area contributed by atoms with Crippen LogP contribution in [0.3, 0.4) is 0 Å².